The summed E-state index contributed by atoms with van der Waals surface area (Å²) >= 11 is 5.60. The highest BCUT2D eigenvalue weighted by molar-refractivity contribution is 7.80. The molecule has 1 N–H and O–H groups in total. The van der Waals surface area contributed by atoms with Crippen LogP contribution >= 0.6 is 12.2 Å². The number of nitrogens with zero attached hydrogens (tertiary/aromatic N) is 2. The number of aromatic nitrogens is 1. The highest BCUT2D eigenvalue weighted by Crippen LogP contribution is 2.14. The topological polar surface area (TPSA) is 37.4 Å². The standard InChI is InChI=1S/C19H25N3OS/c1-3-4-12-21-19(24)22(15-17-7-5-6-13-20-17)14-16-8-10-18(23-2)11-9-16/h5-11,13H,3-4,12,14-15H2,1-2H3,(H,21,24). The molecular formula is C19H25N3OS. The molecule has 0 unspecified atom stereocenters. The zero-order valence-corrected chi connectivity index (χ0v) is 15.2. The second kappa shape index (κ2) is 9.88. The predicted octanol–water partition coefficient (Wildman–Crippen LogP) is 3.77. The Balaban J connectivity index is 2.06. The van der Waals surface area contributed by atoms with E-state index in [2.05, 4.69) is 34.3 Å². The van der Waals surface area contributed by atoms with Crippen LogP contribution in [0.3, 0.4) is 0 Å². The van der Waals surface area contributed by atoms with E-state index >= 15 is 0 Å². The fourth-order valence-corrected chi connectivity index (χ4v) is 2.55. The van der Waals surface area contributed by atoms with Crippen molar-refractivity contribution in [3.63, 3.8) is 0 Å². The third-order valence-electron chi connectivity index (χ3n) is 3.71. The molecule has 0 aliphatic rings. The van der Waals surface area contributed by atoms with Gasteiger partial charge in [0.2, 0.25) is 0 Å². The molecule has 1 heterocycles. The lowest BCUT2D eigenvalue weighted by Crippen LogP contribution is -2.39. The lowest BCUT2D eigenvalue weighted by molar-refractivity contribution is 0.392. The lowest BCUT2D eigenvalue weighted by Gasteiger charge is -2.26. The summed E-state index contributed by atoms with van der Waals surface area (Å²) in [7, 11) is 1.68. The number of rotatable bonds is 8. The summed E-state index contributed by atoms with van der Waals surface area (Å²) in [6, 6.07) is 14.0. The van der Waals surface area contributed by atoms with Crippen LogP contribution in [0.25, 0.3) is 0 Å². The highest BCUT2D eigenvalue weighted by atomic mass is 32.1. The number of benzene rings is 1. The van der Waals surface area contributed by atoms with Crippen LogP contribution in [0, 0.1) is 0 Å². The normalized spacial score (nSPS) is 10.2. The zero-order valence-electron chi connectivity index (χ0n) is 14.4. The van der Waals surface area contributed by atoms with Crippen LogP contribution in [-0.4, -0.2) is 28.7 Å². The van der Waals surface area contributed by atoms with E-state index in [1.807, 2.05) is 36.5 Å². The van der Waals surface area contributed by atoms with E-state index in [1.54, 1.807) is 7.11 Å². The van der Waals surface area contributed by atoms with Gasteiger partial charge in [0.05, 0.1) is 19.3 Å². The molecule has 4 nitrogen and oxygen atoms in total. The fourth-order valence-electron chi connectivity index (χ4n) is 2.32. The van der Waals surface area contributed by atoms with Gasteiger partial charge in [-0.25, -0.2) is 0 Å². The lowest BCUT2D eigenvalue weighted by atomic mass is 10.2. The Morgan fingerprint density at radius 2 is 1.96 bits per heavy atom. The first-order valence-corrected chi connectivity index (χ1v) is 8.69. The Morgan fingerprint density at radius 1 is 1.17 bits per heavy atom. The van der Waals surface area contributed by atoms with E-state index in [4.69, 9.17) is 17.0 Å². The van der Waals surface area contributed by atoms with Crippen LogP contribution in [0.1, 0.15) is 31.0 Å². The average molecular weight is 343 g/mol. The molecule has 0 fully saturated rings. The number of unbranched alkanes of at least 4 members (excludes halogenated alkanes) is 1. The van der Waals surface area contributed by atoms with E-state index < -0.39 is 0 Å². The summed E-state index contributed by atoms with van der Waals surface area (Å²) in [5, 5.41) is 4.12. The van der Waals surface area contributed by atoms with Crippen molar-refractivity contribution in [1.82, 2.24) is 15.2 Å². The molecule has 0 amide bonds. The summed E-state index contributed by atoms with van der Waals surface area (Å²) in [5.41, 5.74) is 2.19. The molecule has 0 aliphatic heterocycles. The van der Waals surface area contributed by atoms with Gasteiger partial charge >= 0.3 is 0 Å². The average Bonchev–Trinajstić information content (AvgIpc) is 2.63. The molecule has 1 aromatic heterocycles. The first-order chi connectivity index (χ1) is 11.7. The Morgan fingerprint density at radius 3 is 2.58 bits per heavy atom. The van der Waals surface area contributed by atoms with Gasteiger partial charge in [0.25, 0.3) is 0 Å². The molecule has 128 valence electrons. The van der Waals surface area contributed by atoms with Crippen molar-refractivity contribution >= 4 is 17.3 Å². The number of hydrogen-bond acceptors (Lipinski definition) is 3. The van der Waals surface area contributed by atoms with Crippen molar-refractivity contribution in [2.75, 3.05) is 13.7 Å². The molecule has 5 heteroatoms. The van der Waals surface area contributed by atoms with Gasteiger partial charge in [-0.15, -0.1) is 0 Å². The van der Waals surface area contributed by atoms with Gasteiger partial charge in [-0.3, -0.25) is 4.98 Å². The molecule has 0 radical (unpaired) electrons. The summed E-state index contributed by atoms with van der Waals surface area (Å²) in [5.74, 6) is 0.860. The maximum Gasteiger partial charge on any atom is 0.169 e. The molecule has 0 saturated carbocycles. The minimum absolute atomic E-state index is 0.685. The molecule has 1 aromatic carbocycles. The molecular weight excluding hydrogens is 318 g/mol. The van der Waals surface area contributed by atoms with Gasteiger partial charge in [-0.05, 0) is 48.5 Å². The summed E-state index contributed by atoms with van der Waals surface area (Å²) in [6.07, 6.45) is 4.07. The number of pyridine rings is 1. The van der Waals surface area contributed by atoms with Crippen LogP contribution in [0.15, 0.2) is 48.7 Å². The van der Waals surface area contributed by atoms with Crippen molar-refractivity contribution in [2.45, 2.75) is 32.9 Å². The SMILES string of the molecule is CCCCNC(=S)N(Cc1ccc(OC)cc1)Cc1ccccn1. The molecule has 0 spiro atoms. The number of hydrogen-bond donors (Lipinski definition) is 1. The summed E-state index contributed by atoms with van der Waals surface area (Å²) in [6.45, 7) is 4.49. The van der Waals surface area contributed by atoms with Crippen molar-refractivity contribution in [3.05, 3.63) is 59.9 Å². The highest BCUT2D eigenvalue weighted by Gasteiger charge is 2.11. The van der Waals surface area contributed by atoms with Gasteiger partial charge in [0.1, 0.15) is 5.75 Å². The minimum Gasteiger partial charge on any atom is -0.497 e. The van der Waals surface area contributed by atoms with Crippen LogP contribution in [-0.2, 0) is 13.1 Å². The fraction of sp³-hybridized carbons (Fsp3) is 0.368. The largest absolute Gasteiger partial charge is 0.497 e. The van der Waals surface area contributed by atoms with Crippen LogP contribution in [0.2, 0.25) is 0 Å². The van der Waals surface area contributed by atoms with E-state index in [-0.39, 0.29) is 0 Å². The maximum absolute atomic E-state index is 5.60. The predicted molar refractivity (Wildman–Crippen MR) is 102 cm³/mol. The van der Waals surface area contributed by atoms with E-state index in [9.17, 15) is 0 Å². The molecule has 0 atom stereocenters. The minimum atomic E-state index is 0.685. The molecule has 0 bridgehead atoms. The summed E-state index contributed by atoms with van der Waals surface area (Å²) in [4.78, 5) is 6.57. The van der Waals surface area contributed by atoms with Gasteiger partial charge in [0.15, 0.2) is 5.11 Å². The Bertz CT molecular complexity index is 616. The number of nitrogens with one attached hydrogen (secondary N) is 1. The molecule has 2 aromatic rings. The van der Waals surface area contributed by atoms with E-state index in [0.717, 1.165) is 42.5 Å². The monoisotopic (exact) mass is 343 g/mol. The first kappa shape index (κ1) is 18.2. The first-order valence-electron chi connectivity index (χ1n) is 8.28. The number of methoxy groups -OCH3 is 1. The third kappa shape index (κ3) is 5.81. The van der Waals surface area contributed by atoms with Crippen LogP contribution in [0.4, 0.5) is 0 Å². The Hall–Kier alpha value is -2.14. The quantitative estimate of drug-likeness (QED) is 0.583. The molecule has 0 aliphatic carbocycles. The van der Waals surface area contributed by atoms with Gasteiger partial charge in [-0.1, -0.05) is 31.5 Å². The van der Waals surface area contributed by atoms with Crippen molar-refractivity contribution in [3.8, 4) is 5.75 Å². The molecule has 2 rings (SSSR count). The van der Waals surface area contributed by atoms with Gasteiger partial charge < -0.3 is 15.0 Å². The molecule has 0 saturated heterocycles. The van der Waals surface area contributed by atoms with Crippen LogP contribution in [0.5, 0.6) is 5.75 Å². The second-order valence-corrected chi connectivity index (χ2v) is 6.00. The number of thiocarbonyl (C=S) groups is 1. The van der Waals surface area contributed by atoms with E-state index in [0.29, 0.717) is 6.54 Å². The van der Waals surface area contributed by atoms with Gasteiger partial charge in [-0.2, -0.15) is 0 Å². The smallest absolute Gasteiger partial charge is 0.169 e. The molecule has 24 heavy (non-hydrogen) atoms. The Kier molecular flexibility index (Phi) is 7.49. The number of ether oxygens (including phenoxy) is 1. The second-order valence-electron chi connectivity index (χ2n) is 5.61. The third-order valence-corrected chi connectivity index (χ3v) is 4.11. The summed E-state index contributed by atoms with van der Waals surface area (Å²) < 4.78 is 5.22. The zero-order chi connectivity index (χ0) is 17.2. The van der Waals surface area contributed by atoms with Crippen molar-refractivity contribution in [2.24, 2.45) is 0 Å². The van der Waals surface area contributed by atoms with Crippen LogP contribution < -0.4 is 10.1 Å². The van der Waals surface area contributed by atoms with Crippen molar-refractivity contribution < 1.29 is 4.74 Å². The van der Waals surface area contributed by atoms with Gasteiger partial charge in [0, 0.05) is 19.3 Å². The van der Waals surface area contributed by atoms with Crippen molar-refractivity contribution in [1.29, 1.82) is 0 Å². The van der Waals surface area contributed by atoms with E-state index in [1.165, 1.54) is 5.56 Å². The Labute approximate surface area is 149 Å². The maximum atomic E-state index is 5.60.